The van der Waals surface area contributed by atoms with Crippen molar-refractivity contribution >= 4 is 17.7 Å². The van der Waals surface area contributed by atoms with E-state index in [9.17, 15) is 14.4 Å². The predicted molar refractivity (Wildman–Crippen MR) is 94.9 cm³/mol. The number of carbonyl (C=O) groups excluding carboxylic acids is 3. The molecule has 2 fully saturated rings. The Hall–Kier alpha value is -2.25. The van der Waals surface area contributed by atoms with E-state index in [-0.39, 0.29) is 39.7 Å². The Morgan fingerprint density at radius 2 is 1.39 bits per heavy atom. The molecule has 2 atom stereocenters. The zero-order chi connectivity index (χ0) is 23.7. The molecule has 0 aromatic heterocycles. The van der Waals surface area contributed by atoms with Crippen LogP contribution in [0.4, 0.5) is 0 Å². The number of hydrogen-bond donors (Lipinski definition) is 0. The van der Waals surface area contributed by atoms with E-state index in [1.54, 1.807) is 0 Å². The van der Waals surface area contributed by atoms with Gasteiger partial charge in [-0.15, -0.1) is 0 Å². The smallest absolute Gasteiger partial charge is 2.00 e. The molecule has 0 spiro atoms. The molecule has 0 N–H and O–H groups in total. The van der Waals surface area contributed by atoms with Crippen LogP contribution < -0.4 is 0 Å². The first-order chi connectivity index (χ1) is 14.5. The molecule has 3 aliphatic rings. The van der Waals surface area contributed by atoms with Crippen molar-refractivity contribution in [3.63, 3.8) is 0 Å². The Balaban J connectivity index is -0.000000549. The molecule has 2 saturated carbocycles. The van der Waals surface area contributed by atoms with Gasteiger partial charge in [-0.05, 0) is 24.5 Å². The fraction of sp³-hybridized carbons (Fsp3) is 0.571. The Morgan fingerprint density at radius 3 is 1.71 bits per heavy atom. The van der Waals surface area contributed by atoms with Crippen LogP contribution in [0.15, 0.2) is 5.57 Å². The number of nitrogens with zero attached hydrogens (tertiary/aromatic N) is 1. The van der Waals surface area contributed by atoms with Gasteiger partial charge in [0.25, 0.3) is 0 Å². The summed E-state index contributed by atoms with van der Waals surface area (Å²) in [6.45, 7) is 13.5. The molecule has 10 heteroatoms. The molecular weight excluding hydrogens is 578 g/mol. The average Bonchev–Trinajstić information content (AvgIpc) is 3.55. The summed E-state index contributed by atoms with van der Waals surface area (Å²) < 4.78 is 31.8. The maximum atomic E-state index is 11.9. The fourth-order valence-electron chi connectivity index (χ4n) is 3.72. The summed E-state index contributed by atoms with van der Waals surface area (Å²) in [6.07, 6.45) is 10.2. The van der Waals surface area contributed by atoms with Crippen molar-refractivity contribution in [2.45, 2.75) is 44.9 Å². The third-order valence-electron chi connectivity index (χ3n) is 5.02. The number of ether oxygens (including phenoxy) is 2. The monoisotopic (exact) mass is 600 g/mol. The molecule has 0 unspecified atom stereocenters. The summed E-state index contributed by atoms with van der Waals surface area (Å²) in [5.74, 6) is -3.10. The summed E-state index contributed by atoms with van der Waals surface area (Å²) in [4.78, 5) is 35.3. The van der Waals surface area contributed by atoms with E-state index in [0.717, 1.165) is 0 Å². The first kappa shape index (κ1) is 33.4. The Morgan fingerprint density at radius 1 is 1.00 bits per heavy atom. The van der Waals surface area contributed by atoms with Gasteiger partial charge in [0.2, 0.25) is 0 Å². The van der Waals surface area contributed by atoms with Crippen molar-refractivity contribution in [3.05, 3.63) is 31.6 Å². The largest absolute Gasteiger partial charge is 2.00 e. The minimum Gasteiger partial charge on any atom is 2.00 e. The van der Waals surface area contributed by atoms with E-state index in [4.69, 9.17) is 19.2 Å². The molecule has 0 aromatic carbocycles. The van der Waals surface area contributed by atoms with Gasteiger partial charge in [-0.1, -0.05) is 32.1 Å². The maximum absolute atomic E-state index is 11.9. The van der Waals surface area contributed by atoms with Crippen molar-refractivity contribution in [3.8, 4) is 6.07 Å². The molecule has 0 radical (unpaired) electrons. The predicted octanol–water partition coefficient (Wildman–Crippen LogP) is 2.02. The van der Waals surface area contributed by atoms with E-state index in [1.807, 2.05) is 6.07 Å². The fourth-order valence-corrected chi connectivity index (χ4v) is 3.72. The standard InChI is InChI=1S/C13H12NO5.C5H10.3CO.W/c1-18-11(16)13(12(17)19-2)4-7-3-10(15)9(6-14)8(7)5-13;1-2-4-5-3-1;3*1-2;/h8-9H,4-5H2,1-2H3;1-5H2;;;;/q-1;;;;;+2/t8-,9+;;;;;/m1...../s1. The van der Waals surface area contributed by atoms with Gasteiger partial charge >= 0.3 is 66.9 Å². The van der Waals surface area contributed by atoms with Crippen LogP contribution in [0, 0.1) is 54.6 Å². The molecule has 0 bridgehead atoms. The van der Waals surface area contributed by atoms with Crippen LogP contribution in [0.2, 0.25) is 0 Å². The maximum Gasteiger partial charge on any atom is 2.00 e. The zero-order valence-corrected chi connectivity index (χ0v) is 20.2. The van der Waals surface area contributed by atoms with Crippen LogP contribution >= 0.6 is 0 Å². The third kappa shape index (κ3) is 8.42. The topological polar surface area (TPSA) is 153 Å². The van der Waals surface area contributed by atoms with Crippen LogP contribution in [0.3, 0.4) is 0 Å². The molecule has 164 valence electrons. The van der Waals surface area contributed by atoms with Crippen LogP contribution in [0.5, 0.6) is 0 Å². The van der Waals surface area contributed by atoms with Gasteiger partial charge in [-0.25, -0.2) is 5.57 Å². The Kier molecular flexibility index (Phi) is 19.9. The molecule has 0 amide bonds. The SMILES string of the molecule is C1CCCC1.COC(=O)C1(C(=O)OC)CC2=[C-]C(=O)[C@@H](C#N)[C@@H]2C1.[C-]#[O+].[C-]#[O+].[C-]#[O+].[W+2]. The number of hydrogen-bond acceptors (Lipinski definition) is 6. The summed E-state index contributed by atoms with van der Waals surface area (Å²) in [5, 5.41) is 8.99. The molecule has 0 aliphatic heterocycles. The van der Waals surface area contributed by atoms with E-state index in [2.05, 4.69) is 35.5 Å². The summed E-state index contributed by atoms with van der Waals surface area (Å²) in [7, 11) is 2.37. The van der Waals surface area contributed by atoms with Crippen molar-refractivity contribution in [1.82, 2.24) is 0 Å². The van der Waals surface area contributed by atoms with Crippen molar-refractivity contribution in [2.24, 2.45) is 17.3 Å². The molecule has 0 aromatic rings. The Bertz CT molecular complexity index is 690. The van der Waals surface area contributed by atoms with Gasteiger partial charge in [0.15, 0.2) is 5.41 Å². The number of esters is 2. The van der Waals surface area contributed by atoms with Crippen LogP contribution in [-0.4, -0.2) is 31.9 Å². The van der Waals surface area contributed by atoms with Gasteiger partial charge in [-0.3, -0.25) is 9.59 Å². The molecule has 31 heavy (non-hydrogen) atoms. The number of fused-ring (bicyclic) bond motifs is 1. The molecule has 3 rings (SSSR count). The molecule has 9 nitrogen and oxygen atoms in total. The quantitative estimate of drug-likeness (QED) is 0.205. The summed E-state index contributed by atoms with van der Waals surface area (Å²) in [5.41, 5.74) is -0.917. The van der Waals surface area contributed by atoms with Crippen molar-refractivity contribution in [1.29, 1.82) is 5.26 Å². The van der Waals surface area contributed by atoms with E-state index >= 15 is 0 Å². The Labute approximate surface area is 195 Å². The van der Waals surface area contributed by atoms with Crippen molar-refractivity contribution < 1.29 is 58.9 Å². The van der Waals surface area contributed by atoms with Crippen LogP contribution in [0.1, 0.15) is 44.9 Å². The van der Waals surface area contributed by atoms with Gasteiger partial charge in [-0.2, -0.15) is 5.26 Å². The minimum atomic E-state index is -1.45. The number of rotatable bonds is 2. The number of Topliss-reactive ketones (excluding diaryl/α,β-unsaturated/α-hetero) is 1. The normalized spacial score (nSPS) is 20.7. The second-order valence-electron chi connectivity index (χ2n) is 6.44. The van der Waals surface area contributed by atoms with Gasteiger partial charge < -0.3 is 20.3 Å². The third-order valence-corrected chi connectivity index (χ3v) is 5.02. The van der Waals surface area contributed by atoms with Gasteiger partial charge in [0, 0.05) is 0 Å². The number of methoxy groups -OCH3 is 2. The minimum absolute atomic E-state index is 0. The molecule has 0 heterocycles. The number of nitriles is 1. The van der Waals surface area contributed by atoms with E-state index in [0.29, 0.717) is 5.57 Å². The van der Waals surface area contributed by atoms with Crippen LogP contribution in [0.25, 0.3) is 0 Å². The molecule has 3 aliphatic carbocycles. The molecular formula is C21H22NO8W+. The summed E-state index contributed by atoms with van der Waals surface area (Å²) in [6, 6.07) is 1.90. The van der Waals surface area contributed by atoms with E-state index < -0.39 is 29.2 Å². The number of carbonyl (C=O) groups is 3. The van der Waals surface area contributed by atoms with Gasteiger partial charge in [0.1, 0.15) is 0 Å². The van der Waals surface area contributed by atoms with Crippen LogP contribution in [-0.2, 0) is 58.9 Å². The first-order valence-corrected chi connectivity index (χ1v) is 8.84. The second-order valence-corrected chi connectivity index (χ2v) is 6.44. The number of ketones is 1. The zero-order valence-electron chi connectivity index (χ0n) is 17.2. The van der Waals surface area contributed by atoms with Crippen molar-refractivity contribution in [2.75, 3.05) is 14.2 Å². The van der Waals surface area contributed by atoms with Gasteiger partial charge in [0.05, 0.1) is 26.2 Å². The molecule has 0 saturated heterocycles. The summed E-state index contributed by atoms with van der Waals surface area (Å²) >= 11 is 0. The van der Waals surface area contributed by atoms with E-state index in [1.165, 1.54) is 46.3 Å². The number of allylic oxidation sites excluding steroid dienone is 2. The average molecular weight is 600 g/mol. The first-order valence-electron chi connectivity index (χ1n) is 8.84. The second kappa shape index (κ2) is 18.5.